The Morgan fingerprint density at radius 2 is 2.00 bits per heavy atom. The topological polar surface area (TPSA) is 92.5 Å². The summed E-state index contributed by atoms with van der Waals surface area (Å²) >= 11 is 6.27. The van der Waals surface area contributed by atoms with Gasteiger partial charge < -0.3 is 5.32 Å². The van der Waals surface area contributed by atoms with Crippen LogP contribution in [-0.4, -0.2) is 57.7 Å². The summed E-state index contributed by atoms with van der Waals surface area (Å²) in [5.74, 6) is 1.41. The molecule has 26 heavy (non-hydrogen) atoms. The largest absolute Gasteiger partial charge is 0.350 e. The predicted molar refractivity (Wildman–Crippen MR) is 100 cm³/mol. The Hall–Kier alpha value is -1.45. The zero-order valence-corrected chi connectivity index (χ0v) is 16.5. The van der Waals surface area contributed by atoms with Gasteiger partial charge in [0.15, 0.2) is 5.15 Å². The van der Waals surface area contributed by atoms with Crippen molar-refractivity contribution in [2.24, 2.45) is 0 Å². The highest BCUT2D eigenvalue weighted by Gasteiger charge is 2.38. The van der Waals surface area contributed by atoms with Crippen LogP contribution in [-0.2, 0) is 15.4 Å². The van der Waals surface area contributed by atoms with Crippen LogP contribution >= 0.6 is 11.6 Å². The molecule has 142 valence electrons. The van der Waals surface area contributed by atoms with E-state index in [1.165, 1.54) is 17.0 Å². The number of nitrogens with zero attached hydrogens (tertiary/aromatic N) is 5. The Bertz CT molecular complexity index is 932. The third-order valence-electron chi connectivity index (χ3n) is 5.60. The van der Waals surface area contributed by atoms with Gasteiger partial charge in [-0.1, -0.05) is 24.9 Å². The summed E-state index contributed by atoms with van der Waals surface area (Å²) < 4.78 is 26.6. The minimum Gasteiger partial charge on any atom is -0.350 e. The van der Waals surface area contributed by atoms with Crippen LogP contribution < -0.4 is 5.32 Å². The van der Waals surface area contributed by atoms with Gasteiger partial charge in [0.1, 0.15) is 11.3 Å². The molecule has 8 nitrogen and oxygen atoms in total. The Labute approximate surface area is 158 Å². The van der Waals surface area contributed by atoms with Crippen molar-refractivity contribution < 1.29 is 8.42 Å². The molecular weight excluding hydrogens is 376 g/mol. The van der Waals surface area contributed by atoms with Crippen LogP contribution in [0.1, 0.15) is 44.9 Å². The Balaban J connectivity index is 1.54. The van der Waals surface area contributed by atoms with Crippen LogP contribution in [0.2, 0.25) is 5.15 Å². The molecule has 0 spiro atoms. The van der Waals surface area contributed by atoms with E-state index < -0.39 is 10.0 Å². The minimum atomic E-state index is -3.12. The molecule has 0 unspecified atom stereocenters. The molecule has 2 aliphatic rings. The highest BCUT2D eigenvalue weighted by atomic mass is 35.5. The zero-order chi connectivity index (χ0) is 18.5. The first-order valence-electron chi connectivity index (χ1n) is 8.90. The summed E-state index contributed by atoms with van der Waals surface area (Å²) in [6.07, 6.45) is 7.76. The fourth-order valence-corrected chi connectivity index (χ4v) is 4.84. The summed E-state index contributed by atoms with van der Waals surface area (Å²) in [7, 11) is -3.12. The lowest BCUT2D eigenvalue weighted by molar-refractivity contribution is 0.252. The van der Waals surface area contributed by atoms with Gasteiger partial charge in [-0.15, -0.1) is 5.10 Å². The summed E-state index contributed by atoms with van der Waals surface area (Å²) in [5, 5.41) is 8.39. The highest BCUT2D eigenvalue weighted by molar-refractivity contribution is 7.88. The number of piperidine rings is 1. The van der Waals surface area contributed by atoms with Crippen LogP contribution in [0, 0.1) is 0 Å². The van der Waals surface area contributed by atoms with Crippen LogP contribution in [0.3, 0.4) is 0 Å². The Morgan fingerprint density at radius 3 is 2.58 bits per heavy atom. The number of halogens is 1. The Morgan fingerprint density at radius 1 is 1.31 bits per heavy atom. The van der Waals surface area contributed by atoms with Crippen molar-refractivity contribution in [3.8, 4) is 0 Å². The molecule has 4 rings (SSSR count). The Kier molecular flexibility index (Phi) is 4.36. The second-order valence-electron chi connectivity index (χ2n) is 7.60. The first-order valence-corrected chi connectivity index (χ1v) is 11.1. The van der Waals surface area contributed by atoms with Gasteiger partial charge in [-0.3, -0.25) is 0 Å². The molecule has 2 aromatic heterocycles. The van der Waals surface area contributed by atoms with Crippen LogP contribution in [0.4, 0.5) is 5.95 Å². The smallest absolute Gasteiger partial charge is 0.241 e. The van der Waals surface area contributed by atoms with Gasteiger partial charge in [0.2, 0.25) is 16.0 Å². The predicted octanol–water partition coefficient (Wildman–Crippen LogP) is 2.06. The van der Waals surface area contributed by atoms with Crippen molar-refractivity contribution in [1.29, 1.82) is 0 Å². The van der Waals surface area contributed by atoms with Gasteiger partial charge in [-0.05, 0) is 25.7 Å². The molecule has 0 atom stereocenters. The maximum absolute atomic E-state index is 11.6. The maximum atomic E-state index is 11.6. The molecule has 1 saturated heterocycles. The lowest BCUT2D eigenvalue weighted by Gasteiger charge is -2.36. The third-order valence-corrected chi connectivity index (χ3v) is 7.18. The van der Waals surface area contributed by atoms with E-state index in [1.54, 1.807) is 6.20 Å². The van der Waals surface area contributed by atoms with E-state index in [-0.39, 0.29) is 11.5 Å². The van der Waals surface area contributed by atoms with Crippen molar-refractivity contribution in [1.82, 2.24) is 23.9 Å². The SMILES string of the molecule is CC1(c2nc(Cl)c3cnc(NC4CCN(S(C)(=O)=O)CC4)nn23)CCC1. The molecule has 1 N–H and O–H groups in total. The lowest BCUT2D eigenvalue weighted by Crippen LogP contribution is -2.42. The fourth-order valence-electron chi connectivity index (χ4n) is 3.75. The fraction of sp³-hybridized carbons (Fsp3) is 0.688. The van der Waals surface area contributed by atoms with Crippen LogP contribution in [0.15, 0.2) is 6.20 Å². The standard InChI is InChI=1S/C16H23ClN6O2S/c1-16(6-3-7-16)14-20-13(17)12-10-18-15(21-23(12)14)19-11-4-8-22(9-5-11)26(2,24)25/h10-11H,3-9H2,1-2H3,(H,19,21). The number of rotatable bonds is 4. The molecule has 3 heterocycles. The van der Waals surface area contributed by atoms with Gasteiger partial charge in [-0.25, -0.2) is 27.2 Å². The van der Waals surface area contributed by atoms with E-state index in [4.69, 9.17) is 11.6 Å². The summed E-state index contributed by atoms with van der Waals surface area (Å²) in [5.41, 5.74) is 0.731. The van der Waals surface area contributed by atoms with E-state index in [9.17, 15) is 8.42 Å². The quantitative estimate of drug-likeness (QED) is 0.847. The third kappa shape index (κ3) is 3.16. The van der Waals surface area contributed by atoms with Crippen molar-refractivity contribution >= 4 is 33.1 Å². The van der Waals surface area contributed by atoms with E-state index >= 15 is 0 Å². The van der Waals surface area contributed by atoms with Gasteiger partial charge in [-0.2, -0.15) is 0 Å². The number of aromatic nitrogens is 4. The summed E-state index contributed by atoms with van der Waals surface area (Å²) in [4.78, 5) is 8.90. The summed E-state index contributed by atoms with van der Waals surface area (Å²) in [6, 6.07) is 0.146. The number of imidazole rings is 1. The average Bonchev–Trinajstić information content (AvgIpc) is 2.89. The van der Waals surface area contributed by atoms with Crippen molar-refractivity contribution in [2.45, 2.75) is 50.5 Å². The summed E-state index contributed by atoms with van der Waals surface area (Å²) in [6.45, 7) is 3.22. The molecule has 1 aliphatic heterocycles. The van der Waals surface area contributed by atoms with Gasteiger partial charge in [0, 0.05) is 24.5 Å². The second-order valence-corrected chi connectivity index (χ2v) is 9.94. The van der Waals surface area contributed by atoms with Gasteiger partial charge >= 0.3 is 0 Å². The van der Waals surface area contributed by atoms with E-state index in [0.717, 1.165) is 31.5 Å². The molecule has 0 radical (unpaired) electrons. The molecule has 2 fully saturated rings. The average molecular weight is 399 g/mol. The number of nitrogens with one attached hydrogen (secondary N) is 1. The molecule has 0 bridgehead atoms. The number of sulfonamides is 1. The first-order chi connectivity index (χ1) is 12.3. The van der Waals surface area contributed by atoms with Crippen molar-refractivity contribution in [2.75, 3.05) is 24.7 Å². The zero-order valence-electron chi connectivity index (χ0n) is 14.9. The number of hydrogen-bond acceptors (Lipinski definition) is 6. The number of fused-ring (bicyclic) bond motifs is 1. The first kappa shape index (κ1) is 17.9. The highest BCUT2D eigenvalue weighted by Crippen LogP contribution is 2.43. The molecule has 1 aliphatic carbocycles. The van der Waals surface area contributed by atoms with Gasteiger partial charge in [0.05, 0.1) is 12.5 Å². The van der Waals surface area contributed by atoms with Crippen LogP contribution in [0.5, 0.6) is 0 Å². The number of anilines is 1. The van der Waals surface area contributed by atoms with Crippen LogP contribution in [0.25, 0.3) is 5.52 Å². The second kappa shape index (κ2) is 6.31. The monoisotopic (exact) mass is 398 g/mol. The molecule has 0 aromatic carbocycles. The normalized spacial score (nSPS) is 21.7. The number of hydrogen-bond donors (Lipinski definition) is 1. The van der Waals surface area contributed by atoms with Crippen molar-refractivity contribution in [3.63, 3.8) is 0 Å². The van der Waals surface area contributed by atoms with E-state index in [2.05, 4.69) is 27.3 Å². The van der Waals surface area contributed by atoms with Gasteiger partial charge in [0.25, 0.3) is 0 Å². The van der Waals surface area contributed by atoms with E-state index in [1.807, 2.05) is 4.52 Å². The van der Waals surface area contributed by atoms with Crippen molar-refractivity contribution in [3.05, 3.63) is 17.2 Å². The van der Waals surface area contributed by atoms with E-state index in [0.29, 0.717) is 29.7 Å². The molecule has 0 amide bonds. The maximum Gasteiger partial charge on any atom is 0.241 e. The molecular formula is C16H23ClN6O2S. The minimum absolute atomic E-state index is 0.0164. The molecule has 2 aromatic rings. The molecule has 10 heteroatoms. The lowest BCUT2D eigenvalue weighted by atomic mass is 9.70. The molecule has 1 saturated carbocycles.